The van der Waals surface area contributed by atoms with Crippen LogP contribution in [-0.2, 0) is 23.9 Å². The van der Waals surface area contributed by atoms with Crippen LogP contribution in [0.3, 0.4) is 0 Å². The summed E-state index contributed by atoms with van der Waals surface area (Å²) in [6.45, 7) is 11.3. The molecule has 0 bridgehead atoms. The van der Waals surface area contributed by atoms with Crippen LogP contribution < -0.4 is 5.01 Å². The Bertz CT molecular complexity index is 1260. The number of hydrogen-bond acceptors (Lipinski definition) is 9. The normalized spacial score (nSPS) is 17.8. The molecule has 39 heavy (non-hydrogen) atoms. The van der Waals surface area contributed by atoms with Crippen LogP contribution >= 0.6 is 0 Å². The van der Waals surface area contributed by atoms with Crippen molar-refractivity contribution < 1.29 is 33.5 Å². The zero-order chi connectivity index (χ0) is 29.0. The third kappa shape index (κ3) is 6.36. The topological polar surface area (TPSA) is 119 Å². The van der Waals surface area contributed by atoms with Crippen LogP contribution in [0.25, 0.3) is 0 Å². The van der Waals surface area contributed by atoms with Gasteiger partial charge in [-0.15, -0.1) is 5.06 Å². The van der Waals surface area contributed by atoms with Crippen molar-refractivity contribution in [3.8, 4) is 0 Å². The number of carbonyl (C=O) groups excluding carboxylic acids is 3. The number of benzene rings is 2. The Morgan fingerprint density at radius 3 is 1.95 bits per heavy atom. The molecule has 1 unspecified atom stereocenters. The molecule has 0 spiro atoms. The summed E-state index contributed by atoms with van der Waals surface area (Å²) in [7, 11) is 1.30. The maximum atomic E-state index is 14.5. The third-order valence-corrected chi connectivity index (χ3v) is 5.27. The van der Waals surface area contributed by atoms with Gasteiger partial charge in [0.1, 0.15) is 24.0 Å². The molecule has 1 aliphatic rings. The summed E-state index contributed by atoms with van der Waals surface area (Å²) in [6.07, 6.45) is -2.39. The largest absolute Gasteiger partial charge is 0.534 e. The summed E-state index contributed by atoms with van der Waals surface area (Å²) in [5.41, 5.74) is -3.41. The van der Waals surface area contributed by atoms with Crippen molar-refractivity contribution >= 4 is 35.3 Å². The molecular weight excluding hydrogens is 504 g/mol. The molecule has 0 fully saturated rings. The van der Waals surface area contributed by atoms with Crippen LogP contribution in [0.5, 0.6) is 0 Å². The number of ether oxygens (including phenoxy) is 2. The summed E-state index contributed by atoms with van der Waals surface area (Å²) < 4.78 is 10.9. The molecule has 0 saturated heterocycles. The molecule has 1 aliphatic heterocycles. The number of anilines is 1. The first-order valence-electron chi connectivity index (χ1n) is 12.3. The SMILES string of the molecule is CON=C(c1ccccc1)C1(N(OC(=O)OC(C)(C)C)C(=O)OC(C)(C)C)C(=O)N(c2ccccc2)N=C1C. The Morgan fingerprint density at radius 2 is 1.44 bits per heavy atom. The van der Waals surface area contributed by atoms with Gasteiger partial charge in [-0.25, -0.2) is 9.59 Å². The second-order valence-corrected chi connectivity index (χ2v) is 10.7. The van der Waals surface area contributed by atoms with Gasteiger partial charge in [-0.05, 0) is 60.6 Å². The molecule has 0 saturated carbocycles. The maximum absolute atomic E-state index is 14.5. The monoisotopic (exact) mass is 538 g/mol. The van der Waals surface area contributed by atoms with Crippen molar-refractivity contribution in [2.24, 2.45) is 10.3 Å². The summed E-state index contributed by atoms with van der Waals surface area (Å²) in [6, 6.07) is 17.2. The molecule has 11 nitrogen and oxygen atoms in total. The predicted molar refractivity (Wildman–Crippen MR) is 145 cm³/mol. The summed E-state index contributed by atoms with van der Waals surface area (Å²) in [4.78, 5) is 52.0. The van der Waals surface area contributed by atoms with Gasteiger partial charge in [-0.2, -0.15) is 10.1 Å². The van der Waals surface area contributed by atoms with Crippen molar-refractivity contribution in [3.05, 3.63) is 66.2 Å². The van der Waals surface area contributed by atoms with Crippen LogP contribution in [0.2, 0.25) is 0 Å². The van der Waals surface area contributed by atoms with Gasteiger partial charge in [0.05, 0.1) is 11.4 Å². The Kier molecular flexibility index (Phi) is 8.33. The molecule has 0 aromatic heterocycles. The fourth-order valence-electron chi connectivity index (χ4n) is 3.83. The number of hydrogen-bond donors (Lipinski definition) is 0. The highest BCUT2D eigenvalue weighted by Crippen LogP contribution is 2.36. The molecule has 2 aromatic rings. The number of nitrogens with zero attached hydrogens (tertiary/aromatic N) is 4. The Hall–Kier alpha value is -4.41. The third-order valence-electron chi connectivity index (χ3n) is 5.27. The van der Waals surface area contributed by atoms with E-state index >= 15 is 0 Å². The van der Waals surface area contributed by atoms with E-state index < -0.39 is 34.9 Å². The van der Waals surface area contributed by atoms with Crippen LogP contribution in [0.1, 0.15) is 54.0 Å². The molecule has 11 heteroatoms. The highest BCUT2D eigenvalue weighted by Gasteiger charge is 2.63. The molecule has 2 aromatic carbocycles. The first-order valence-corrected chi connectivity index (χ1v) is 12.3. The molecular formula is C28H34N4O7. The van der Waals surface area contributed by atoms with Crippen molar-refractivity contribution in [2.45, 2.75) is 65.2 Å². The van der Waals surface area contributed by atoms with Gasteiger partial charge in [0, 0.05) is 5.56 Å². The van der Waals surface area contributed by atoms with Crippen LogP contribution in [-0.4, -0.2) is 58.5 Å². The van der Waals surface area contributed by atoms with E-state index in [0.717, 1.165) is 5.01 Å². The number of hydroxylamine groups is 2. The lowest BCUT2D eigenvalue weighted by atomic mass is 9.83. The van der Waals surface area contributed by atoms with Gasteiger partial charge < -0.3 is 14.3 Å². The Morgan fingerprint density at radius 1 is 0.897 bits per heavy atom. The summed E-state index contributed by atoms with van der Waals surface area (Å²) >= 11 is 0. The van der Waals surface area contributed by atoms with E-state index in [0.29, 0.717) is 16.3 Å². The molecule has 0 N–H and O–H groups in total. The van der Waals surface area contributed by atoms with E-state index in [-0.39, 0.29) is 11.4 Å². The van der Waals surface area contributed by atoms with Crippen molar-refractivity contribution in [1.82, 2.24) is 5.06 Å². The van der Waals surface area contributed by atoms with Gasteiger partial charge in [0.15, 0.2) is 0 Å². The number of para-hydroxylation sites is 1. The number of amides is 2. The van der Waals surface area contributed by atoms with E-state index in [9.17, 15) is 14.4 Å². The zero-order valence-corrected chi connectivity index (χ0v) is 23.4. The average Bonchev–Trinajstić information content (AvgIpc) is 3.10. The summed E-state index contributed by atoms with van der Waals surface area (Å²) in [5.74, 6) is -0.764. The van der Waals surface area contributed by atoms with Crippen LogP contribution in [0, 0.1) is 0 Å². The molecule has 3 rings (SSSR count). The fourth-order valence-corrected chi connectivity index (χ4v) is 3.83. The quantitative estimate of drug-likeness (QED) is 0.288. The zero-order valence-electron chi connectivity index (χ0n) is 23.4. The fraction of sp³-hybridized carbons (Fsp3) is 0.393. The van der Waals surface area contributed by atoms with E-state index in [1.54, 1.807) is 102 Å². The first kappa shape index (κ1) is 29.2. The van der Waals surface area contributed by atoms with E-state index in [4.69, 9.17) is 19.1 Å². The maximum Gasteiger partial charge on any atom is 0.534 e. The molecule has 2 amide bonds. The second kappa shape index (κ2) is 11.1. The van der Waals surface area contributed by atoms with Gasteiger partial charge in [0.25, 0.3) is 5.91 Å². The van der Waals surface area contributed by atoms with Crippen LogP contribution in [0.4, 0.5) is 15.3 Å². The Balaban J connectivity index is 2.32. The van der Waals surface area contributed by atoms with Crippen LogP contribution in [0.15, 0.2) is 70.9 Å². The van der Waals surface area contributed by atoms with Gasteiger partial charge in [-0.3, -0.25) is 9.63 Å². The van der Waals surface area contributed by atoms with E-state index in [1.165, 1.54) is 14.0 Å². The molecule has 208 valence electrons. The highest BCUT2D eigenvalue weighted by molar-refractivity contribution is 6.41. The van der Waals surface area contributed by atoms with Gasteiger partial charge in [-0.1, -0.05) is 53.7 Å². The van der Waals surface area contributed by atoms with Gasteiger partial charge in [0.2, 0.25) is 5.54 Å². The van der Waals surface area contributed by atoms with Crippen molar-refractivity contribution in [2.75, 3.05) is 12.1 Å². The smallest absolute Gasteiger partial charge is 0.442 e. The van der Waals surface area contributed by atoms with Crippen molar-refractivity contribution in [1.29, 1.82) is 0 Å². The number of rotatable bonds is 5. The molecule has 0 aliphatic carbocycles. The highest BCUT2D eigenvalue weighted by atomic mass is 16.8. The molecule has 0 radical (unpaired) electrons. The lowest BCUT2D eigenvalue weighted by Gasteiger charge is -2.38. The minimum Gasteiger partial charge on any atom is -0.442 e. The molecule has 1 heterocycles. The number of oxime groups is 1. The Labute approximate surface area is 227 Å². The van der Waals surface area contributed by atoms with Crippen molar-refractivity contribution in [3.63, 3.8) is 0 Å². The standard InChI is InChI=1S/C28H34N4O7/c1-19-28(22(30-36-8)20-15-11-9-12-16-20,23(33)31(29-19)21-17-13-10-14-18-21)32(24(34)37-26(2,3)4)39-25(35)38-27(5,6)7/h9-18H,1-8H3. The first-order chi connectivity index (χ1) is 18.2. The number of hydrazone groups is 1. The summed E-state index contributed by atoms with van der Waals surface area (Å²) in [5, 5.41) is 10.3. The average molecular weight is 539 g/mol. The second-order valence-electron chi connectivity index (χ2n) is 10.7. The van der Waals surface area contributed by atoms with Gasteiger partial charge >= 0.3 is 12.2 Å². The van der Waals surface area contributed by atoms with E-state index in [2.05, 4.69) is 10.3 Å². The predicted octanol–water partition coefficient (Wildman–Crippen LogP) is 5.30. The minimum absolute atomic E-state index is 0.0606. The molecule has 1 atom stereocenters. The lowest BCUT2D eigenvalue weighted by Crippen LogP contribution is -2.67. The lowest BCUT2D eigenvalue weighted by molar-refractivity contribution is -0.163. The number of carbonyl (C=O) groups is 3. The van der Waals surface area contributed by atoms with E-state index in [1.807, 2.05) is 0 Å². The minimum atomic E-state index is -2.23.